The normalized spacial score (nSPS) is 12.5. The largest absolute Gasteiger partial charge is 0.462 e. The average Bonchev–Trinajstić information content (AvgIpc) is 3.26. The van der Waals surface area contributed by atoms with Crippen LogP contribution in [0.4, 0.5) is 0 Å². The van der Waals surface area contributed by atoms with E-state index in [1.54, 1.807) is 0 Å². The number of carbonyl (C=O) groups is 3. The number of rotatable bonds is 46. The lowest BCUT2D eigenvalue weighted by Gasteiger charge is -2.18. The molecule has 0 aliphatic rings. The summed E-state index contributed by atoms with van der Waals surface area (Å²) in [6, 6.07) is 0. The number of allylic oxidation sites excluding steroid dienone is 10. The number of carbonyl (C=O) groups excluding carboxylic acids is 3. The van der Waals surface area contributed by atoms with Crippen LogP contribution in [0.3, 0.4) is 0 Å². The molecule has 0 heterocycles. The number of hydrogen-bond donors (Lipinski definition) is 0. The minimum atomic E-state index is -0.788. The molecule has 0 N–H and O–H groups in total. The minimum Gasteiger partial charge on any atom is -0.462 e. The van der Waals surface area contributed by atoms with Crippen molar-refractivity contribution in [3.63, 3.8) is 0 Å². The van der Waals surface area contributed by atoms with Crippen molar-refractivity contribution in [3.8, 4) is 0 Å². The lowest BCUT2D eigenvalue weighted by Crippen LogP contribution is -2.30. The Morgan fingerprint density at radius 2 is 0.607 bits per heavy atom. The maximum atomic E-state index is 12.7. The topological polar surface area (TPSA) is 78.9 Å². The van der Waals surface area contributed by atoms with Gasteiger partial charge in [0, 0.05) is 19.3 Å². The summed E-state index contributed by atoms with van der Waals surface area (Å²) in [6.07, 6.45) is 60.6. The molecule has 0 aromatic carbocycles. The van der Waals surface area contributed by atoms with E-state index in [1.165, 1.54) is 116 Å². The molecule has 0 spiro atoms. The molecule has 0 radical (unpaired) electrons. The highest BCUT2D eigenvalue weighted by atomic mass is 16.6. The Morgan fingerprint density at radius 3 is 1.03 bits per heavy atom. The van der Waals surface area contributed by atoms with Gasteiger partial charge in [-0.05, 0) is 83.5 Å². The summed E-state index contributed by atoms with van der Waals surface area (Å²) >= 11 is 0. The highest BCUT2D eigenvalue weighted by Crippen LogP contribution is 2.15. The first-order chi connectivity index (χ1) is 30.0. The first-order valence-corrected chi connectivity index (χ1v) is 25.8. The molecule has 0 amide bonds. The summed E-state index contributed by atoms with van der Waals surface area (Å²) < 4.78 is 16.7. The molecular weight excluding hydrogens is 757 g/mol. The minimum absolute atomic E-state index is 0.0862. The van der Waals surface area contributed by atoms with Crippen LogP contribution >= 0.6 is 0 Å². The van der Waals surface area contributed by atoms with Crippen molar-refractivity contribution < 1.29 is 28.6 Å². The Labute approximate surface area is 377 Å². The van der Waals surface area contributed by atoms with E-state index in [2.05, 4.69) is 81.5 Å². The molecule has 0 saturated carbocycles. The van der Waals surface area contributed by atoms with Gasteiger partial charge in [-0.3, -0.25) is 14.4 Å². The van der Waals surface area contributed by atoms with Crippen LogP contribution in [0.2, 0.25) is 0 Å². The smallest absolute Gasteiger partial charge is 0.306 e. The summed E-state index contributed by atoms with van der Waals surface area (Å²) in [4.78, 5) is 37.9. The van der Waals surface area contributed by atoms with Gasteiger partial charge in [0.05, 0.1) is 0 Å². The van der Waals surface area contributed by atoms with Crippen molar-refractivity contribution in [2.75, 3.05) is 13.2 Å². The molecule has 1 atom stereocenters. The quantitative estimate of drug-likeness (QED) is 0.0263. The fourth-order valence-electron chi connectivity index (χ4n) is 7.05. The summed E-state index contributed by atoms with van der Waals surface area (Å²) in [6.45, 7) is 6.54. The Hall–Kier alpha value is -2.89. The van der Waals surface area contributed by atoms with Crippen molar-refractivity contribution in [2.45, 2.75) is 258 Å². The maximum absolute atomic E-state index is 12.7. The van der Waals surface area contributed by atoms with Crippen LogP contribution in [-0.4, -0.2) is 37.2 Å². The number of ether oxygens (including phenoxy) is 3. The summed E-state index contributed by atoms with van der Waals surface area (Å²) in [5.41, 5.74) is 0. The molecule has 0 aliphatic carbocycles. The van der Waals surface area contributed by atoms with Crippen molar-refractivity contribution in [1.82, 2.24) is 0 Å². The lowest BCUT2D eigenvalue weighted by molar-refractivity contribution is -0.167. The van der Waals surface area contributed by atoms with Gasteiger partial charge in [-0.2, -0.15) is 0 Å². The van der Waals surface area contributed by atoms with E-state index in [1.807, 2.05) is 0 Å². The van der Waals surface area contributed by atoms with Crippen LogP contribution in [0.25, 0.3) is 0 Å². The van der Waals surface area contributed by atoms with E-state index in [4.69, 9.17) is 14.2 Å². The Bertz CT molecular complexity index is 1120. The monoisotopic (exact) mass is 853 g/mol. The molecule has 0 aromatic heterocycles. The SMILES string of the molecule is CCCC/C=C\CCCCCCCC(=O)O[C@H](COC(=O)CCCCC/C=C\C/C=C\C/C=C\C/C=C\CCCCC)COC(=O)CCCCCCCCCCCCCCC. The van der Waals surface area contributed by atoms with Gasteiger partial charge >= 0.3 is 17.9 Å². The van der Waals surface area contributed by atoms with Crippen LogP contribution in [0, 0.1) is 0 Å². The second-order valence-corrected chi connectivity index (χ2v) is 17.1. The Balaban J connectivity index is 4.40. The third-order valence-corrected chi connectivity index (χ3v) is 11.0. The van der Waals surface area contributed by atoms with E-state index in [-0.39, 0.29) is 31.1 Å². The zero-order valence-corrected chi connectivity index (χ0v) is 40.2. The first-order valence-electron chi connectivity index (χ1n) is 25.8. The molecule has 61 heavy (non-hydrogen) atoms. The molecule has 0 rings (SSSR count). The van der Waals surface area contributed by atoms with Gasteiger partial charge in [0.2, 0.25) is 0 Å². The molecule has 6 nitrogen and oxygen atoms in total. The molecule has 0 fully saturated rings. The molecule has 352 valence electrons. The predicted molar refractivity (Wildman–Crippen MR) is 261 cm³/mol. The molecular formula is C55H96O6. The fraction of sp³-hybridized carbons (Fsp3) is 0.764. The fourth-order valence-corrected chi connectivity index (χ4v) is 7.05. The molecule has 0 aromatic rings. The number of hydrogen-bond acceptors (Lipinski definition) is 6. The van der Waals surface area contributed by atoms with E-state index < -0.39 is 6.10 Å². The Kier molecular flexibility index (Phi) is 47.4. The van der Waals surface area contributed by atoms with Gasteiger partial charge in [-0.15, -0.1) is 0 Å². The average molecular weight is 853 g/mol. The van der Waals surface area contributed by atoms with Crippen LogP contribution in [0.15, 0.2) is 60.8 Å². The molecule has 6 heteroatoms. The van der Waals surface area contributed by atoms with E-state index in [0.29, 0.717) is 19.3 Å². The second-order valence-electron chi connectivity index (χ2n) is 17.1. The van der Waals surface area contributed by atoms with Gasteiger partial charge in [-0.1, -0.05) is 210 Å². The van der Waals surface area contributed by atoms with Gasteiger partial charge in [0.15, 0.2) is 6.10 Å². The van der Waals surface area contributed by atoms with Crippen molar-refractivity contribution in [2.24, 2.45) is 0 Å². The molecule has 0 unspecified atom stereocenters. The van der Waals surface area contributed by atoms with Crippen molar-refractivity contribution in [1.29, 1.82) is 0 Å². The van der Waals surface area contributed by atoms with Crippen LogP contribution in [0.5, 0.6) is 0 Å². The second kappa shape index (κ2) is 49.8. The molecule has 0 aliphatic heterocycles. The van der Waals surface area contributed by atoms with E-state index >= 15 is 0 Å². The predicted octanol–water partition coefficient (Wildman–Crippen LogP) is 16.9. The highest BCUT2D eigenvalue weighted by molar-refractivity contribution is 5.71. The highest BCUT2D eigenvalue weighted by Gasteiger charge is 2.19. The van der Waals surface area contributed by atoms with E-state index in [9.17, 15) is 14.4 Å². The summed E-state index contributed by atoms with van der Waals surface area (Å²) in [5, 5.41) is 0. The maximum Gasteiger partial charge on any atom is 0.306 e. The molecule has 0 bridgehead atoms. The van der Waals surface area contributed by atoms with Gasteiger partial charge < -0.3 is 14.2 Å². The first kappa shape index (κ1) is 58.1. The van der Waals surface area contributed by atoms with Crippen LogP contribution in [-0.2, 0) is 28.6 Å². The third-order valence-electron chi connectivity index (χ3n) is 11.0. The standard InChI is InChI=1S/C55H96O6/c1-4-7-10-13-16-19-22-24-25-26-27-28-29-31-34-36-39-42-45-48-54(57)60-51-52(61-55(58)49-46-43-40-37-32-21-18-15-12-9-6-3)50-59-53(56)47-44-41-38-35-33-30-23-20-17-14-11-8-5-2/h15-16,18-19,24-25,27-28,31,34,52H,4-14,17,20-23,26,29-30,32-33,35-51H2,1-3H3/b18-15-,19-16-,25-24-,28-27-,34-31-/t52-/m0/s1. The van der Waals surface area contributed by atoms with Gasteiger partial charge in [0.25, 0.3) is 0 Å². The summed E-state index contributed by atoms with van der Waals surface area (Å²) in [7, 11) is 0. The lowest BCUT2D eigenvalue weighted by atomic mass is 10.0. The third kappa shape index (κ3) is 48.0. The number of unbranched alkanes of at least 4 members (excludes halogenated alkanes) is 25. The van der Waals surface area contributed by atoms with Crippen molar-refractivity contribution >= 4 is 17.9 Å². The van der Waals surface area contributed by atoms with Crippen LogP contribution in [0.1, 0.15) is 252 Å². The zero-order chi connectivity index (χ0) is 44.4. The van der Waals surface area contributed by atoms with Gasteiger partial charge in [-0.25, -0.2) is 0 Å². The van der Waals surface area contributed by atoms with Crippen LogP contribution < -0.4 is 0 Å². The van der Waals surface area contributed by atoms with Gasteiger partial charge in [0.1, 0.15) is 13.2 Å². The number of esters is 3. The van der Waals surface area contributed by atoms with E-state index in [0.717, 1.165) is 96.3 Å². The van der Waals surface area contributed by atoms with Crippen molar-refractivity contribution in [3.05, 3.63) is 60.8 Å². The summed E-state index contributed by atoms with van der Waals surface area (Å²) in [5.74, 6) is -0.925. The Morgan fingerprint density at radius 1 is 0.328 bits per heavy atom. The zero-order valence-electron chi connectivity index (χ0n) is 40.2. The molecule has 0 saturated heterocycles.